The molecule has 1 heterocycles. The summed E-state index contributed by atoms with van der Waals surface area (Å²) >= 11 is 0. The molecule has 4 heteroatoms. The molecule has 0 radical (unpaired) electrons. The fraction of sp³-hybridized carbons (Fsp3) is 0.417. The first-order valence-electron chi connectivity index (χ1n) is 5.42. The Labute approximate surface area is 101 Å². The highest BCUT2D eigenvalue weighted by Crippen LogP contribution is 2.21. The SMILES string of the molecule is CCc1ccc2onc(CCCN)c2c1.Cl. The predicted octanol–water partition coefficient (Wildman–Crippen LogP) is 2.70. The fourth-order valence-electron chi connectivity index (χ4n) is 1.71. The van der Waals surface area contributed by atoms with E-state index in [2.05, 4.69) is 24.2 Å². The molecular formula is C12H17ClN2O. The second-order valence-electron chi connectivity index (χ2n) is 3.71. The number of halogens is 1. The van der Waals surface area contributed by atoms with E-state index < -0.39 is 0 Å². The van der Waals surface area contributed by atoms with Crippen LogP contribution in [0.3, 0.4) is 0 Å². The predicted molar refractivity (Wildman–Crippen MR) is 68.0 cm³/mol. The topological polar surface area (TPSA) is 52.0 Å². The van der Waals surface area contributed by atoms with Gasteiger partial charge in [0.15, 0.2) is 5.58 Å². The Morgan fingerprint density at radius 3 is 2.88 bits per heavy atom. The van der Waals surface area contributed by atoms with Gasteiger partial charge in [0, 0.05) is 5.39 Å². The summed E-state index contributed by atoms with van der Waals surface area (Å²) in [7, 11) is 0. The largest absolute Gasteiger partial charge is 0.356 e. The molecule has 0 saturated carbocycles. The average Bonchev–Trinajstić information content (AvgIpc) is 2.68. The van der Waals surface area contributed by atoms with Crippen LogP contribution in [-0.4, -0.2) is 11.7 Å². The van der Waals surface area contributed by atoms with Gasteiger partial charge in [-0.2, -0.15) is 0 Å². The lowest BCUT2D eigenvalue weighted by Crippen LogP contribution is -2.00. The van der Waals surface area contributed by atoms with Crippen LogP contribution in [0.25, 0.3) is 11.0 Å². The molecule has 0 atom stereocenters. The Bertz CT molecular complexity index is 453. The molecule has 0 bridgehead atoms. The first kappa shape index (κ1) is 13.0. The van der Waals surface area contributed by atoms with Gasteiger partial charge in [0.1, 0.15) is 0 Å². The van der Waals surface area contributed by atoms with E-state index in [1.807, 2.05) is 6.07 Å². The third-order valence-corrected chi connectivity index (χ3v) is 2.64. The summed E-state index contributed by atoms with van der Waals surface area (Å²) in [6, 6.07) is 6.24. The molecule has 0 aliphatic heterocycles. The maximum absolute atomic E-state index is 5.49. The van der Waals surface area contributed by atoms with E-state index in [1.54, 1.807) is 0 Å². The number of benzene rings is 1. The van der Waals surface area contributed by atoms with Crippen molar-refractivity contribution in [1.82, 2.24) is 5.16 Å². The second kappa shape index (κ2) is 5.87. The van der Waals surface area contributed by atoms with Crippen LogP contribution in [0.4, 0.5) is 0 Å². The Morgan fingerprint density at radius 1 is 1.38 bits per heavy atom. The monoisotopic (exact) mass is 240 g/mol. The van der Waals surface area contributed by atoms with Gasteiger partial charge in [-0.15, -0.1) is 12.4 Å². The molecule has 0 saturated heterocycles. The minimum Gasteiger partial charge on any atom is -0.356 e. The minimum absolute atomic E-state index is 0. The lowest BCUT2D eigenvalue weighted by Gasteiger charge is -1.97. The van der Waals surface area contributed by atoms with Crippen molar-refractivity contribution in [2.75, 3.05) is 6.54 Å². The zero-order valence-corrected chi connectivity index (χ0v) is 10.2. The van der Waals surface area contributed by atoms with Gasteiger partial charge in [-0.1, -0.05) is 18.1 Å². The van der Waals surface area contributed by atoms with E-state index in [1.165, 1.54) is 5.56 Å². The summed E-state index contributed by atoms with van der Waals surface area (Å²) in [6.07, 6.45) is 2.89. The fourth-order valence-corrected chi connectivity index (χ4v) is 1.71. The number of fused-ring (bicyclic) bond motifs is 1. The third kappa shape index (κ3) is 2.54. The van der Waals surface area contributed by atoms with E-state index in [4.69, 9.17) is 10.3 Å². The molecular weight excluding hydrogens is 224 g/mol. The van der Waals surface area contributed by atoms with E-state index in [-0.39, 0.29) is 12.4 Å². The van der Waals surface area contributed by atoms with Crippen LogP contribution >= 0.6 is 12.4 Å². The number of hydrogen-bond acceptors (Lipinski definition) is 3. The lowest BCUT2D eigenvalue weighted by molar-refractivity contribution is 0.445. The summed E-state index contributed by atoms with van der Waals surface area (Å²) in [5.74, 6) is 0. The van der Waals surface area contributed by atoms with Crippen molar-refractivity contribution >= 4 is 23.4 Å². The van der Waals surface area contributed by atoms with Crippen LogP contribution in [0, 0.1) is 0 Å². The quantitative estimate of drug-likeness (QED) is 0.894. The summed E-state index contributed by atoms with van der Waals surface area (Å²) in [5, 5.41) is 5.22. The molecule has 2 N–H and O–H groups in total. The zero-order chi connectivity index (χ0) is 10.7. The van der Waals surface area contributed by atoms with E-state index in [0.717, 1.165) is 35.9 Å². The normalized spacial score (nSPS) is 10.4. The van der Waals surface area contributed by atoms with Crippen LogP contribution in [0.15, 0.2) is 22.7 Å². The van der Waals surface area contributed by atoms with Crippen LogP contribution in [0.5, 0.6) is 0 Å². The number of nitrogens with two attached hydrogens (primary N) is 1. The Morgan fingerprint density at radius 2 is 2.19 bits per heavy atom. The van der Waals surface area contributed by atoms with Crippen LogP contribution in [0.2, 0.25) is 0 Å². The molecule has 3 nitrogen and oxygen atoms in total. The smallest absolute Gasteiger partial charge is 0.167 e. The maximum atomic E-state index is 5.49. The molecule has 0 aliphatic carbocycles. The third-order valence-electron chi connectivity index (χ3n) is 2.64. The van der Waals surface area contributed by atoms with E-state index in [0.29, 0.717) is 6.54 Å². The highest BCUT2D eigenvalue weighted by Gasteiger charge is 2.07. The molecule has 0 unspecified atom stereocenters. The number of aryl methyl sites for hydroxylation is 2. The first-order valence-corrected chi connectivity index (χ1v) is 5.42. The minimum atomic E-state index is 0. The van der Waals surface area contributed by atoms with Gasteiger partial charge in [0.05, 0.1) is 5.69 Å². The first-order chi connectivity index (χ1) is 7.35. The van der Waals surface area contributed by atoms with Crippen molar-refractivity contribution < 1.29 is 4.52 Å². The van der Waals surface area contributed by atoms with E-state index in [9.17, 15) is 0 Å². The Balaban J connectivity index is 0.00000128. The molecule has 0 amide bonds. The molecule has 16 heavy (non-hydrogen) atoms. The molecule has 2 aromatic rings. The Hall–Kier alpha value is -1.06. The number of hydrogen-bond donors (Lipinski definition) is 1. The van der Waals surface area contributed by atoms with Crippen molar-refractivity contribution in [3.05, 3.63) is 29.5 Å². The van der Waals surface area contributed by atoms with E-state index >= 15 is 0 Å². The lowest BCUT2D eigenvalue weighted by atomic mass is 10.1. The molecule has 88 valence electrons. The van der Waals surface area contributed by atoms with Gasteiger partial charge in [-0.05, 0) is 43.5 Å². The van der Waals surface area contributed by atoms with Crippen molar-refractivity contribution in [3.8, 4) is 0 Å². The van der Waals surface area contributed by atoms with Crippen molar-refractivity contribution in [2.24, 2.45) is 5.73 Å². The molecule has 0 fully saturated rings. The van der Waals surface area contributed by atoms with Crippen LogP contribution < -0.4 is 5.73 Å². The zero-order valence-electron chi connectivity index (χ0n) is 9.40. The van der Waals surface area contributed by atoms with Crippen LogP contribution in [-0.2, 0) is 12.8 Å². The number of rotatable bonds is 4. The molecule has 1 aromatic heterocycles. The van der Waals surface area contributed by atoms with Crippen molar-refractivity contribution in [1.29, 1.82) is 0 Å². The van der Waals surface area contributed by atoms with Gasteiger partial charge < -0.3 is 10.3 Å². The number of nitrogens with zero attached hydrogens (tertiary/aromatic N) is 1. The second-order valence-corrected chi connectivity index (χ2v) is 3.71. The summed E-state index contributed by atoms with van der Waals surface area (Å²) in [6.45, 7) is 2.84. The summed E-state index contributed by atoms with van der Waals surface area (Å²) < 4.78 is 5.25. The van der Waals surface area contributed by atoms with Crippen LogP contribution in [0.1, 0.15) is 24.6 Å². The van der Waals surface area contributed by atoms with Gasteiger partial charge in [-0.3, -0.25) is 0 Å². The average molecular weight is 241 g/mol. The number of aromatic nitrogens is 1. The highest BCUT2D eigenvalue weighted by atomic mass is 35.5. The standard InChI is InChI=1S/C12H16N2O.ClH/c1-2-9-5-6-12-10(8-9)11(14-15-12)4-3-7-13;/h5-6,8H,2-4,7,13H2,1H3;1H. The van der Waals surface area contributed by atoms with Gasteiger partial charge in [-0.25, -0.2) is 0 Å². The van der Waals surface area contributed by atoms with Crippen molar-refractivity contribution in [3.63, 3.8) is 0 Å². The van der Waals surface area contributed by atoms with Gasteiger partial charge in [0.2, 0.25) is 0 Å². The summed E-state index contributed by atoms with van der Waals surface area (Å²) in [5.41, 5.74) is 8.71. The molecule has 1 aromatic carbocycles. The molecule has 0 aliphatic rings. The highest BCUT2D eigenvalue weighted by molar-refractivity contribution is 5.85. The van der Waals surface area contributed by atoms with Gasteiger partial charge >= 0.3 is 0 Å². The molecule has 0 spiro atoms. The van der Waals surface area contributed by atoms with Gasteiger partial charge in [0.25, 0.3) is 0 Å². The molecule has 2 rings (SSSR count). The summed E-state index contributed by atoms with van der Waals surface area (Å²) in [4.78, 5) is 0. The Kier molecular flexibility index (Phi) is 4.77. The van der Waals surface area contributed by atoms with Crippen molar-refractivity contribution in [2.45, 2.75) is 26.2 Å². The maximum Gasteiger partial charge on any atom is 0.167 e.